The molecule has 4 aliphatic rings. The predicted molar refractivity (Wildman–Crippen MR) is 82.7 cm³/mol. The first-order chi connectivity index (χ1) is 9.95. The minimum absolute atomic E-state index is 0.0124. The lowest BCUT2D eigenvalue weighted by atomic mass is 9.45. The van der Waals surface area contributed by atoms with E-state index in [0.717, 1.165) is 49.9 Å². The van der Waals surface area contributed by atoms with E-state index in [-0.39, 0.29) is 11.5 Å². The van der Waals surface area contributed by atoms with Crippen LogP contribution in [-0.2, 0) is 4.79 Å². The third-order valence-corrected chi connectivity index (χ3v) is 8.35. The van der Waals surface area contributed by atoms with Gasteiger partial charge in [-0.05, 0) is 80.5 Å². The van der Waals surface area contributed by atoms with E-state index in [1.165, 1.54) is 25.7 Å². The summed E-state index contributed by atoms with van der Waals surface area (Å²) in [5, 5.41) is 10.0. The molecule has 0 aliphatic heterocycles. The number of fused-ring (bicyclic) bond motifs is 5. The molecular formula is C19H30O2. The molecule has 2 heteroatoms. The van der Waals surface area contributed by atoms with E-state index < -0.39 is 0 Å². The lowest BCUT2D eigenvalue weighted by Gasteiger charge is -2.60. The molecule has 4 saturated carbocycles. The molecule has 4 rings (SSSR count). The number of carbonyl (C=O) groups is 1. The minimum Gasteiger partial charge on any atom is -0.393 e. The average Bonchev–Trinajstić information content (AvgIpc) is 2.76. The van der Waals surface area contributed by atoms with Gasteiger partial charge in [-0.15, -0.1) is 0 Å². The molecule has 0 aromatic rings. The molecule has 0 bridgehead atoms. The van der Waals surface area contributed by atoms with Gasteiger partial charge in [0.05, 0.1) is 6.10 Å². The third kappa shape index (κ3) is 1.84. The Labute approximate surface area is 128 Å². The fraction of sp³-hybridized carbons (Fsp3) is 0.947. The van der Waals surface area contributed by atoms with E-state index in [1.807, 2.05) is 0 Å². The number of Topliss-reactive ketones (excluding diaryl/α,β-unsaturated/α-hetero) is 1. The average molecular weight is 290 g/mol. The van der Waals surface area contributed by atoms with Crippen molar-refractivity contribution < 1.29 is 9.90 Å². The molecule has 0 spiro atoms. The Morgan fingerprint density at radius 3 is 2.62 bits per heavy atom. The Morgan fingerprint density at radius 2 is 1.81 bits per heavy atom. The standard InChI is InChI=1S/C19H30O2/c1-18-9-7-13(20)11-12(18)3-4-14-15-5-6-17(21)19(15,2)10-8-16(14)18/h12-16,20H,3-11H2,1-2H3/t12-,13-,14-,15-,16-,18+,19+/m0/s1. The highest BCUT2D eigenvalue weighted by Crippen LogP contribution is 2.65. The van der Waals surface area contributed by atoms with Crippen molar-refractivity contribution in [1.29, 1.82) is 0 Å². The highest BCUT2D eigenvalue weighted by Gasteiger charge is 2.60. The first kappa shape index (κ1) is 14.2. The van der Waals surface area contributed by atoms with E-state index >= 15 is 0 Å². The van der Waals surface area contributed by atoms with Gasteiger partial charge in [0.2, 0.25) is 0 Å². The lowest BCUT2D eigenvalue weighted by molar-refractivity contribution is -0.142. The first-order valence-electron chi connectivity index (χ1n) is 9.16. The second-order valence-electron chi connectivity index (χ2n) is 9.00. The van der Waals surface area contributed by atoms with E-state index in [9.17, 15) is 9.90 Å². The van der Waals surface area contributed by atoms with Gasteiger partial charge in [-0.2, -0.15) is 0 Å². The Hall–Kier alpha value is -0.370. The molecular weight excluding hydrogens is 260 g/mol. The number of rotatable bonds is 0. The van der Waals surface area contributed by atoms with Crippen LogP contribution in [0.5, 0.6) is 0 Å². The Balaban J connectivity index is 1.64. The molecule has 0 aromatic heterocycles. The Bertz CT molecular complexity index is 458. The molecule has 0 saturated heterocycles. The summed E-state index contributed by atoms with van der Waals surface area (Å²) in [7, 11) is 0. The highest BCUT2D eigenvalue weighted by atomic mass is 16.3. The van der Waals surface area contributed by atoms with Crippen LogP contribution in [0.25, 0.3) is 0 Å². The van der Waals surface area contributed by atoms with Crippen molar-refractivity contribution in [2.45, 2.75) is 77.7 Å². The number of ketones is 1. The third-order valence-electron chi connectivity index (χ3n) is 8.35. The molecule has 1 N–H and O–H groups in total. The molecule has 2 nitrogen and oxygen atoms in total. The van der Waals surface area contributed by atoms with Crippen LogP contribution in [-0.4, -0.2) is 17.0 Å². The summed E-state index contributed by atoms with van der Waals surface area (Å²) in [5.74, 6) is 3.54. The van der Waals surface area contributed by atoms with Gasteiger partial charge < -0.3 is 5.11 Å². The van der Waals surface area contributed by atoms with Crippen LogP contribution in [0.4, 0.5) is 0 Å². The number of hydrogen-bond acceptors (Lipinski definition) is 2. The van der Waals surface area contributed by atoms with E-state index in [1.54, 1.807) is 0 Å². The monoisotopic (exact) mass is 290 g/mol. The largest absolute Gasteiger partial charge is 0.393 e. The van der Waals surface area contributed by atoms with Gasteiger partial charge in [0.1, 0.15) is 5.78 Å². The van der Waals surface area contributed by atoms with Gasteiger partial charge in [-0.25, -0.2) is 0 Å². The summed E-state index contributed by atoms with van der Waals surface area (Å²) >= 11 is 0. The Kier molecular flexibility index (Phi) is 3.10. The van der Waals surface area contributed by atoms with Crippen molar-refractivity contribution in [3.63, 3.8) is 0 Å². The SMILES string of the molecule is C[C@@]12CC[C@H](O)C[C@@H]1CC[C@@H]1[C@@H]2CC[C@@]2(C)C(=O)CC[C@@H]12. The quantitative estimate of drug-likeness (QED) is 0.733. The molecule has 0 heterocycles. The molecule has 0 radical (unpaired) electrons. The summed E-state index contributed by atoms with van der Waals surface area (Å²) in [6.45, 7) is 4.78. The van der Waals surface area contributed by atoms with Crippen LogP contribution >= 0.6 is 0 Å². The maximum absolute atomic E-state index is 12.4. The van der Waals surface area contributed by atoms with E-state index in [2.05, 4.69) is 13.8 Å². The van der Waals surface area contributed by atoms with Crippen molar-refractivity contribution in [3.05, 3.63) is 0 Å². The summed E-state index contributed by atoms with van der Waals surface area (Å²) in [6.07, 6.45) is 10.1. The van der Waals surface area contributed by atoms with Crippen molar-refractivity contribution >= 4 is 5.78 Å². The van der Waals surface area contributed by atoms with Gasteiger partial charge >= 0.3 is 0 Å². The topological polar surface area (TPSA) is 37.3 Å². The van der Waals surface area contributed by atoms with Gasteiger partial charge in [-0.3, -0.25) is 4.79 Å². The van der Waals surface area contributed by atoms with Crippen molar-refractivity contribution in [1.82, 2.24) is 0 Å². The van der Waals surface area contributed by atoms with E-state index in [4.69, 9.17) is 0 Å². The molecule has 0 unspecified atom stereocenters. The zero-order valence-electron chi connectivity index (χ0n) is 13.6. The second kappa shape index (κ2) is 4.57. The molecule has 4 aliphatic carbocycles. The van der Waals surface area contributed by atoms with Crippen LogP contribution in [0.3, 0.4) is 0 Å². The number of aliphatic hydroxyl groups is 1. The van der Waals surface area contributed by atoms with Gasteiger partial charge in [-0.1, -0.05) is 13.8 Å². The molecule has 21 heavy (non-hydrogen) atoms. The van der Waals surface area contributed by atoms with Gasteiger partial charge in [0.25, 0.3) is 0 Å². The van der Waals surface area contributed by atoms with Gasteiger partial charge in [0, 0.05) is 11.8 Å². The normalized spacial score (nSPS) is 56.5. The number of aliphatic hydroxyl groups excluding tert-OH is 1. The lowest BCUT2D eigenvalue weighted by Crippen LogP contribution is -2.54. The zero-order valence-corrected chi connectivity index (χ0v) is 13.6. The zero-order chi connectivity index (χ0) is 14.8. The molecule has 7 atom stereocenters. The Morgan fingerprint density at radius 1 is 1.00 bits per heavy atom. The van der Waals surface area contributed by atoms with Crippen molar-refractivity contribution in [2.24, 2.45) is 34.5 Å². The maximum atomic E-state index is 12.4. The van der Waals surface area contributed by atoms with E-state index in [0.29, 0.717) is 17.1 Å². The summed E-state index contributed by atoms with van der Waals surface area (Å²) in [6, 6.07) is 0. The summed E-state index contributed by atoms with van der Waals surface area (Å²) in [5.41, 5.74) is 0.452. The fourth-order valence-electron chi connectivity index (χ4n) is 7.01. The number of hydrogen-bond donors (Lipinski definition) is 1. The van der Waals surface area contributed by atoms with Crippen LogP contribution in [0.1, 0.15) is 71.6 Å². The second-order valence-corrected chi connectivity index (χ2v) is 9.00. The minimum atomic E-state index is -0.0541. The molecule has 0 amide bonds. The molecule has 0 aromatic carbocycles. The summed E-state index contributed by atoms with van der Waals surface area (Å²) in [4.78, 5) is 12.4. The fourth-order valence-corrected chi connectivity index (χ4v) is 7.01. The number of carbonyl (C=O) groups excluding carboxylic acids is 1. The maximum Gasteiger partial charge on any atom is 0.139 e. The van der Waals surface area contributed by atoms with Crippen LogP contribution < -0.4 is 0 Å². The summed E-state index contributed by atoms with van der Waals surface area (Å²) < 4.78 is 0. The first-order valence-corrected chi connectivity index (χ1v) is 9.16. The van der Waals surface area contributed by atoms with Crippen molar-refractivity contribution in [3.8, 4) is 0 Å². The van der Waals surface area contributed by atoms with Crippen LogP contribution in [0, 0.1) is 34.5 Å². The van der Waals surface area contributed by atoms with Crippen LogP contribution in [0.2, 0.25) is 0 Å². The van der Waals surface area contributed by atoms with Gasteiger partial charge in [0.15, 0.2) is 0 Å². The molecule has 4 fully saturated rings. The molecule has 118 valence electrons. The highest BCUT2D eigenvalue weighted by molar-refractivity contribution is 5.87. The predicted octanol–water partition coefficient (Wildman–Crippen LogP) is 3.96. The van der Waals surface area contributed by atoms with Crippen molar-refractivity contribution in [2.75, 3.05) is 0 Å². The van der Waals surface area contributed by atoms with Crippen LogP contribution in [0.15, 0.2) is 0 Å². The smallest absolute Gasteiger partial charge is 0.139 e.